The van der Waals surface area contributed by atoms with Crippen molar-refractivity contribution in [2.45, 2.75) is 19.3 Å². The van der Waals surface area contributed by atoms with Gasteiger partial charge in [-0.3, -0.25) is 15.0 Å². The lowest BCUT2D eigenvalue weighted by molar-refractivity contribution is 1.11. The van der Waals surface area contributed by atoms with Gasteiger partial charge in [0, 0.05) is 70.2 Å². The highest BCUT2D eigenvalue weighted by molar-refractivity contribution is 6.07. The van der Waals surface area contributed by atoms with Crippen LogP contribution in [0.2, 0.25) is 0 Å². The zero-order chi connectivity index (χ0) is 40.1. The maximum absolute atomic E-state index is 4.84. The Labute approximate surface area is 347 Å². The number of benzene rings is 6. The molecule has 6 heterocycles. The Morgan fingerprint density at radius 1 is 0.267 bits per heavy atom. The summed E-state index contributed by atoms with van der Waals surface area (Å²) in [6.07, 6.45) is 8.53. The van der Waals surface area contributed by atoms with Crippen LogP contribution in [-0.2, 0) is 19.3 Å². The number of hydrogen-bond acceptors (Lipinski definition) is 3. The van der Waals surface area contributed by atoms with Crippen LogP contribution < -0.4 is 0 Å². The third kappa shape index (κ3) is 7.50. The molecular weight excluding hydrogens is 733 g/mol. The molecule has 0 saturated heterocycles. The second kappa shape index (κ2) is 16.6. The monoisotopic (exact) mass is 774 g/mol. The van der Waals surface area contributed by atoms with Gasteiger partial charge in [0.15, 0.2) is 0 Å². The number of fused-ring (bicyclic) bond motifs is 9. The topological polar surface area (TPSA) is 86.0 Å². The molecule has 60 heavy (non-hydrogen) atoms. The van der Waals surface area contributed by atoms with E-state index in [0.29, 0.717) is 0 Å². The largest absolute Gasteiger partial charge is 0.360 e. The summed E-state index contributed by atoms with van der Waals surface area (Å²) in [7, 11) is 0. The first-order valence-corrected chi connectivity index (χ1v) is 20.4. The third-order valence-corrected chi connectivity index (χ3v) is 11.1. The smallest absolute Gasteiger partial charge is 0.0713 e. The summed E-state index contributed by atoms with van der Waals surface area (Å²) in [5.41, 5.74) is 13.8. The average molecular weight is 775 g/mol. The van der Waals surface area contributed by atoms with Crippen molar-refractivity contribution in [2.75, 3.05) is 0 Å². The van der Waals surface area contributed by atoms with Crippen LogP contribution in [0.1, 0.15) is 33.8 Å². The molecule has 0 aliphatic carbocycles. The summed E-state index contributed by atoms with van der Waals surface area (Å²) in [4.78, 5) is 24.5. The molecular formula is C54H42N6. The van der Waals surface area contributed by atoms with Crippen molar-refractivity contribution >= 4 is 65.4 Å². The second-order valence-electron chi connectivity index (χ2n) is 15.0. The number of nitrogens with zero attached hydrogens (tertiary/aromatic N) is 3. The Morgan fingerprint density at radius 3 is 0.833 bits per heavy atom. The Hall–Kier alpha value is -7.83. The fraction of sp³-hybridized carbons (Fsp3) is 0.0556. The number of aromatic amines is 3. The van der Waals surface area contributed by atoms with E-state index in [-0.39, 0.29) is 0 Å². The molecule has 0 unspecified atom stereocenters. The maximum atomic E-state index is 4.84. The number of rotatable bonds is 6. The molecule has 0 fully saturated rings. The molecule has 3 N–H and O–H groups in total. The fourth-order valence-corrected chi connectivity index (χ4v) is 8.25. The van der Waals surface area contributed by atoms with Gasteiger partial charge in [0.25, 0.3) is 0 Å². The van der Waals surface area contributed by atoms with Gasteiger partial charge in [-0.25, -0.2) is 0 Å². The van der Waals surface area contributed by atoms with Crippen molar-refractivity contribution in [2.24, 2.45) is 0 Å². The van der Waals surface area contributed by atoms with E-state index in [0.717, 1.165) is 69.4 Å². The first kappa shape index (κ1) is 36.5. The SMILES string of the molecule is c1ccc(Cc2nc3ccccc3c3cc[nH]c23)cc1.c1ccc(Cc2nc3ccccc3c3cc[nH]c23)cc1.c1ccc(Cc2nc3ccccc3c3cc[nH]c23)cc1. The highest BCUT2D eigenvalue weighted by Crippen LogP contribution is 2.29. The van der Waals surface area contributed by atoms with Crippen molar-refractivity contribution < 1.29 is 0 Å². The van der Waals surface area contributed by atoms with E-state index in [1.807, 2.05) is 55.0 Å². The van der Waals surface area contributed by atoms with E-state index >= 15 is 0 Å². The summed E-state index contributed by atoms with van der Waals surface area (Å²) in [6.45, 7) is 0. The number of aromatic nitrogens is 6. The molecule has 0 saturated carbocycles. The molecule has 0 aliphatic heterocycles. The standard InChI is InChI=1S/3C18H14N2/c3*1-2-6-13(7-3-1)12-17-18-15(10-11-19-18)14-8-4-5-9-16(14)20-17/h3*1-11,19H,12H2. The number of H-pyrrole nitrogens is 3. The van der Waals surface area contributed by atoms with Crippen LogP contribution in [0.25, 0.3) is 65.4 Å². The molecule has 12 aromatic rings. The first-order valence-electron chi connectivity index (χ1n) is 20.4. The van der Waals surface area contributed by atoms with Crippen LogP contribution in [0.3, 0.4) is 0 Å². The van der Waals surface area contributed by atoms with Gasteiger partial charge in [0.1, 0.15) is 0 Å². The minimum absolute atomic E-state index is 0.850. The van der Waals surface area contributed by atoms with E-state index in [2.05, 4.69) is 161 Å². The quantitative estimate of drug-likeness (QED) is 0.157. The zero-order valence-electron chi connectivity index (χ0n) is 33.0. The maximum Gasteiger partial charge on any atom is 0.0713 e. The first-order chi connectivity index (χ1) is 29.7. The molecule has 6 nitrogen and oxygen atoms in total. The minimum Gasteiger partial charge on any atom is -0.360 e. The molecule has 0 amide bonds. The molecule has 6 aromatic heterocycles. The van der Waals surface area contributed by atoms with Gasteiger partial charge < -0.3 is 15.0 Å². The van der Waals surface area contributed by atoms with Crippen LogP contribution in [0.5, 0.6) is 0 Å². The molecule has 0 aliphatic rings. The van der Waals surface area contributed by atoms with Crippen LogP contribution >= 0.6 is 0 Å². The second-order valence-corrected chi connectivity index (χ2v) is 15.0. The molecule has 6 heteroatoms. The van der Waals surface area contributed by atoms with Gasteiger partial charge in [-0.15, -0.1) is 0 Å². The predicted molar refractivity (Wildman–Crippen MR) is 249 cm³/mol. The van der Waals surface area contributed by atoms with Crippen LogP contribution in [-0.4, -0.2) is 29.9 Å². The normalized spacial score (nSPS) is 11.2. The molecule has 0 bridgehead atoms. The van der Waals surface area contributed by atoms with Crippen molar-refractivity contribution in [3.63, 3.8) is 0 Å². The summed E-state index contributed by atoms with van der Waals surface area (Å²) in [5, 5.41) is 7.38. The van der Waals surface area contributed by atoms with Crippen LogP contribution in [0.15, 0.2) is 201 Å². The van der Waals surface area contributed by atoms with Crippen LogP contribution in [0.4, 0.5) is 0 Å². The van der Waals surface area contributed by atoms with Gasteiger partial charge in [0.2, 0.25) is 0 Å². The zero-order valence-corrected chi connectivity index (χ0v) is 33.0. The molecule has 6 aromatic carbocycles. The van der Waals surface area contributed by atoms with E-state index < -0.39 is 0 Å². The Bertz CT molecular complexity index is 2990. The van der Waals surface area contributed by atoms with E-state index in [1.54, 1.807) is 0 Å². The van der Waals surface area contributed by atoms with Crippen molar-refractivity contribution in [1.29, 1.82) is 0 Å². The van der Waals surface area contributed by atoms with Gasteiger partial charge in [0.05, 0.1) is 50.2 Å². The van der Waals surface area contributed by atoms with Crippen molar-refractivity contribution in [1.82, 2.24) is 29.9 Å². The van der Waals surface area contributed by atoms with Crippen LogP contribution in [0, 0.1) is 0 Å². The minimum atomic E-state index is 0.850. The molecule has 12 rings (SSSR count). The number of hydrogen-bond donors (Lipinski definition) is 3. The fourth-order valence-electron chi connectivity index (χ4n) is 8.25. The lowest BCUT2D eigenvalue weighted by atomic mass is 10.1. The summed E-state index contributed by atoms with van der Waals surface area (Å²) < 4.78 is 0. The van der Waals surface area contributed by atoms with Crippen molar-refractivity contribution in [3.8, 4) is 0 Å². The predicted octanol–water partition coefficient (Wildman–Crippen LogP) is 12.9. The Kier molecular flexibility index (Phi) is 10.1. The van der Waals surface area contributed by atoms with E-state index in [4.69, 9.17) is 15.0 Å². The molecule has 0 radical (unpaired) electrons. The van der Waals surface area contributed by atoms with Gasteiger partial charge in [-0.1, -0.05) is 146 Å². The third-order valence-electron chi connectivity index (χ3n) is 11.1. The molecule has 0 spiro atoms. The van der Waals surface area contributed by atoms with E-state index in [1.165, 1.54) is 49.0 Å². The highest BCUT2D eigenvalue weighted by atomic mass is 14.8. The highest BCUT2D eigenvalue weighted by Gasteiger charge is 2.12. The summed E-state index contributed by atoms with van der Waals surface area (Å²) in [5.74, 6) is 0. The number of pyridine rings is 3. The average Bonchev–Trinajstić information content (AvgIpc) is 4.11. The lowest BCUT2D eigenvalue weighted by Crippen LogP contribution is -1.95. The Balaban J connectivity index is 0.000000108. The molecule has 288 valence electrons. The van der Waals surface area contributed by atoms with Gasteiger partial charge >= 0.3 is 0 Å². The Morgan fingerprint density at radius 2 is 0.533 bits per heavy atom. The number of para-hydroxylation sites is 3. The molecule has 0 atom stereocenters. The van der Waals surface area contributed by atoms with Crippen molar-refractivity contribution in [3.05, 3.63) is 234 Å². The lowest BCUT2D eigenvalue weighted by Gasteiger charge is -2.06. The number of nitrogens with one attached hydrogen (secondary N) is 3. The summed E-state index contributed by atoms with van der Waals surface area (Å²) in [6, 6.07) is 62.8. The van der Waals surface area contributed by atoms with Gasteiger partial charge in [-0.05, 0) is 53.1 Å². The summed E-state index contributed by atoms with van der Waals surface area (Å²) >= 11 is 0. The van der Waals surface area contributed by atoms with E-state index in [9.17, 15) is 0 Å². The van der Waals surface area contributed by atoms with Gasteiger partial charge in [-0.2, -0.15) is 0 Å².